The molecule has 0 radical (unpaired) electrons. The molecule has 1 atom stereocenters. The fourth-order valence-corrected chi connectivity index (χ4v) is 5.58. The first-order valence-corrected chi connectivity index (χ1v) is 11.1. The molecule has 3 rings (SSSR count). The molecule has 162 valence electrons. The maximum absolute atomic E-state index is 14.2. The molecular formula is C20H21ClF2N2O4S. The van der Waals surface area contributed by atoms with E-state index in [1.54, 1.807) is 24.3 Å². The third kappa shape index (κ3) is 4.91. The minimum Gasteiger partial charge on any atom is -0.493 e. The van der Waals surface area contributed by atoms with Crippen LogP contribution in [-0.2, 0) is 14.8 Å². The van der Waals surface area contributed by atoms with Crippen LogP contribution in [0.4, 0.5) is 8.78 Å². The van der Waals surface area contributed by atoms with Crippen molar-refractivity contribution in [2.45, 2.75) is 24.2 Å². The fourth-order valence-electron chi connectivity index (χ4n) is 3.70. The van der Waals surface area contributed by atoms with Gasteiger partial charge in [-0.15, -0.1) is 0 Å². The van der Waals surface area contributed by atoms with Crippen molar-refractivity contribution in [1.29, 1.82) is 0 Å². The molecule has 2 aromatic carbocycles. The van der Waals surface area contributed by atoms with Crippen LogP contribution >= 0.6 is 11.6 Å². The topological polar surface area (TPSA) is 89.7 Å². The third-order valence-electron chi connectivity index (χ3n) is 5.03. The number of rotatable bonds is 7. The second kappa shape index (κ2) is 8.87. The lowest BCUT2D eigenvalue weighted by Gasteiger charge is -2.41. The van der Waals surface area contributed by atoms with Crippen LogP contribution in [-0.4, -0.2) is 38.3 Å². The number of sulfonamides is 1. The predicted octanol–water partition coefficient (Wildman–Crippen LogP) is 3.34. The number of benzene rings is 2. The summed E-state index contributed by atoms with van der Waals surface area (Å²) < 4.78 is 61.1. The van der Waals surface area contributed by atoms with E-state index in [0.29, 0.717) is 23.6 Å². The van der Waals surface area contributed by atoms with Gasteiger partial charge in [0.2, 0.25) is 15.9 Å². The van der Waals surface area contributed by atoms with Gasteiger partial charge < -0.3 is 10.5 Å². The Morgan fingerprint density at radius 2 is 1.87 bits per heavy atom. The smallest absolute Gasteiger partial charge is 0.248 e. The molecule has 0 aliphatic carbocycles. The molecule has 0 bridgehead atoms. The summed E-state index contributed by atoms with van der Waals surface area (Å²) in [6.07, 6.45) is 0.698. The largest absolute Gasteiger partial charge is 0.493 e. The average molecular weight is 459 g/mol. The third-order valence-corrected chi connectivity index (χ3v) is 7.17. The predicted molar refractivity (Wildman–Crippen MR) is 108 cm³/mol. The van der Waals surface area contributed by atoms with E-state index in [2.05, 4.69) is 0 Å². The van der Waals surface area contributed by atoms with E-state index in [0.717, 1.165) is 22.5 Å². The van der Waals surface area contributed by atoms with E-state index in [4.69, 9.17) is 22.1 Å². The Kier molecular flexibility index (Phi) is 6.64. The van der Waals surface area contributed by atoms with Crippen LogP contribution in [0.25, 0.3) is 0 Å². The van der Waals surface area contributed by atoms with Crippen LogP contribution in [0.1, 0.15) is 19.3 Å². The van der Waals surface area contributed by atoms with Gasteiger partial charge in [0.15, 0.2) is 4.90 Å². The summed E-state index contributed by atoms with van der Waals surface area (Å²) >= 11 is 5.95. The molecule has 0 aromatic heterocycles. The lowest BCUT2D eigenvalue weighted by molar-refractivity contribution is -0.121. The van der Waals surface area contributed by atoms with Crippen LogP contribution in [0.15, 0.2) is 47.4 Å². The minimum absolute atomic E-state index is 0.0118. The number of piperidine rings is 1. The minimum atomic E-state index is -4.47. The Morgan fingerprint density at radius 1 is 1.20 bits per heavy atom. The van der Waals surface area contributed by atoms with Crippen LogP contribution in [0.5, 0.6) is 5.75 Å². The van der Waals surface area contributed by atoms with Crippen molar-refractivity contribution in [3.63, 3.8) is 0 Å². The number of amides is 1. The first-order valence-electron chi connectivity index (χ1n) is 9.24. The van der Waals surface area contributed by atoms with Crippen LogP contribution in [0.3, 0.4) is 0 Å². The molecular weight excluding hydrogens is 438 g/mol. The average Bonchev–Trinajstić information content (AvgIpc) is 2.66. The van der Waals surface area contributed by atoms with Gasteiger partial charge >= 0.3 is 0 Å². The van der Waals surface area contributed by atoms with E-state index < -0.39 is 37.9 Å². The molecule has 1 fully saturated rings. The Hall–Kier alpha value is -2.23. The second-order valence-corrected chi connectivity index (χ2v) is 9.69. The van der Waals surface area contributed by atoms with E-state index >= 15 is 0 Å². The number of nitrogens with two attached hydrogens (primary N) is 1. The van der Waals surface area contributed by atoms with Crippen molar-refractivity contribution in [2.24, 2.45) is 11.1 Å². The number of hydrogen-bond acceptors (Lipinski definition) is 4. The number of hydrogen-bond donors (Lipinski definition) is 1. The standard InChI is InChI=1S/C20H21ClF2N2O4S/c21-14-4-1-5-15(10-14)29-13-20(11-18(24)26)8-3-9-25(12-20)30(27,28)19-16(22)6-2-7-17(19)23/h1-2,4-7,10H,3,8-9,11-13H2,(H2,24,26). The van der Waals surface area contributed by atoms with Crippen LogP contribution in [0, 0.1) is 17.0 Å². The highest BCUT2D eigenvalue weighted by Crippen LogP contribution is 2.37. The van der Waals surface area contributed by atoms with Gasteiger partial charge in [-0.1, -0.05) is 23.7 Å². The Labute approximate surface area is 178 Å². The molecule has 1 aliphatic rings. The molecule has 10 heteroatoms. The van der Waals surface area contributed by atoms with E-state index in [-0.39, 0.29) is 26.1 Å². The van der Waals surface area contributed by atoms with Crippen molar-refractivity contribution < 1.29 is 26.7 Å². The van der Waals surface area contributed by atoms with Gasteiger partial charge in [-0.3, -0.25) is 4.79 Å². The molecule has 2 N–H and O–H groups in total. The molecule has 2 aromatic rings. The zero-order valence-corrected chi connectivity index (χ0v) is 17.6. The van der Waals surface area contributed by atoms with Gasteiger partial charge in [-0.2, -0.15) is 4.31 Å². The molecule has 1 amide bonds. The fraction of sp³-hybridized carbons (Fsp3) is 0.350. The van der Waals surface area contributed by atoms with Gasteiger partial charge in [0, 0.05) is 29.9 Å². The maximum Gasteiger partial charge on any atom is 0.248 e. The summed E-state index contributed by atoms with van der Waals surface area (Å²) in [6, 6.07) is 9.50. The number of carbonyl (C=O) groups is 1. The monoisotopic (exact) mass is 458 g/mol. The number of ether oxygens (including phenoxy) is 1. The molecule has 1 saturated heterocycles. The van der Waals surface area contributed by atoms with Gasteiger partial charge in [0.25, 0.3) is 0 Å². The molecule has 0 saturated carbocycles. The second-order valence-electron chi connectivity index (χ2n) is 7.38. The van der Waals surface area contributed by atoms with Crippen molar-refractivity contribution >= 4 is 27.5 Å². The van der Waals surface area contributed by atoms with E-state index in [1.807, 2.05) is 0 Å². The number of nitrogens with zero attached hydrogens (tertiary/aromatic N) is 1. The van der Waals surface area contributed by atoms with Gasteiger partial charge in [0.1, 0.15) is 17.4 Å². The zero-order chi connectivity index (χ0) is 21.9. The number of halogens is 3. The molecule has 1 aliphatic heterocycles. The summed E-state index contributed by atoms with van der Waals surface area (Å²) in [6.45, 7) is -0.109. The van der Waals surface area contributed by atoms with E-state index in [9.17, 15) is 22.0 Å². The lowest BCUT2D eigenvalue weighted by Crippen LogP contribution is -2.50. The highest BCUT2D eigenvalue weighted by molar-refractivity contribution is 7.89. The highest BCUT2D eigenvalue weighted by Gasteiger charge is 2.43. The van der Waals surface area contributed by atoms with Gasteiger partial charge in [-0.25, -0.2) is 17.2 Å². The number of carbonyl (C=O) groups excluding carboxylic acids is 1. The SMILES string of the molecule is NC(=O)CC1(COc2cccc(Cl)c2)CCCN(S(=O)(=O)c2c(F)cccc2F)C1. The van der Waals surface area contributed by atoms with Crippen molar-refractivity contribution in [3.05, 3.63) is 59.1 Å². The Bertz CT molecular complexity index is 1030. The highest BCUT2D eigenvalue weighted by atomic mass is 35.5. The van der Waals surface area contributed by atoms with Crippen molar-refractivity contribution in [2.75, 3.05) is 19.7 Å². The lowest BCUT2D eigenvalue weighted by atomic mass is 9.78. The molecule has 6 nitrogen and oxygen atoms in total. The van der Waals surface area contributed by atoms with Gasteiger partial charge in [0.05, 0.1) is 6.61 Å². The Balaban J connectivity index is 1.89. The zero-order valence-electron chi connectivity index (χ0n) is 16.0. The molecule has 30 heavy (non-hydrogen) atoms. The first-order chi connectivity index (χ1) is 14.1. The summed E-state index contributed by atoms with van der Waals surface area (Å²) in [7, 11) is -4.47. The normalized spacial score (nSPS) is 20.1. The summed E-state index contributed by atoms with van der Waals surface area (Å²) in [5.74, 6) is -2.51. The maximum atomic E-state index is 14.2. The van der Waals surface area contributed by atoms with Gasteiger partial charge in [-0.05, 0) is 43.2 Å². The first kappa shape index (κ1) is 22.5. The quantitative estimate of drug-likeness (QED) is 0.689. The number of primary amides is 1. The van der Waals surface area contributed by atoms with Crippen LogP contribution in [0.2, 0.25) is 5.02 Å². The Morgan fingerprint density at radius 3 is 2.50 bits per heavy atom. The van der Waals surface area contributed by atoms with Crippen LogP contribution < -0.4 is 10.5 Å². The molecule has 1 heterocycles. The molecule has 1 unspecified atom stereocenters. The molecule has 0 spiro atoms. The summed E-state index contributed by atoms with van der Waals surface area (Å²) in [5, 5.41) is 0.458. The summed E-state index contributed by atoms with van der Waals surface area (Å²) in [5.41, 5.74) is 4.47. The van der Waals surface area contributed by atoms with Crippen molar-refractivity contribution in [1.82, 2.24) is 4.31 Å². The summed E-state index contributed by atoms with van der Waals surface area (Å²) in [4.78, 5) is 10.7. The van der Waals surface area contributed by atoms with E-state index in [1.165, 1.54) is 0 Å². The van der Waals surface area contributed by atoms with Crippen molar-refractivity contribution in [3.8, 4) is 5.75 Å².